The Hall–Kier alpha value is -1.80. The van der Waals surface area contributed by atoms with Crippen LogP contribution in [0.25, 0.3) is 0 Å². The third-order valence-corrected chi connectivity index (χ3v) is 5.41. The maximum absolute atomic E-state index is 11.7. The second kappa shape index (κ2) is 7.65. The summed E-state index contributed by atoms with van der Waals surface area (Å²) in [6.45, 7) is -0.264. The van der Waals surface area contributed by atoms with Crippen LogP contribution in [0.5, 0.6) is 5.75 Å². The smallest absolute Gasteiger partial charge is 0.276 e. The van der Waals surface area contributed by atoms with Gasteiger partial charge < -0.3 is 4.74 Å². The van der Waals surface area contributed by atoms with Crippen LogP contribution >= 0.6 is 11.6 Å². The number of sulfone groups is 1. The molecule has 0 aromatic heterocycles. The Kier molecular flexibility index (Phi) is 5.84. The van der Waals surface area contributed by atoms with Crippen LogP contribution in [0.2, 0.25) is 5.02 Å². The molecule has 7 nitrogen and oxygen atoms in total. The molecule has 2 rings (SSSR count). The van der Waals surface area contributed by atoms with Crippen LogP contribution in [0.1, 0.15) is 12.8 Å². The molecule has 1 aromatic rings. The van der Waals surface area contributed by atoms with Gasteiger partial charge >= 0.3 is 0 Å². The number of hydrazine groups is 1. The van der Waals surface area contributed by atoms with Crippen molar-refractivity contribution >= 4 is 33.3 Å². The van der Waals surface area contributed by atoms with Gasteiger partial charge in [0, 0.05) is 11.4 Å². The third-order valence-electron chi connectivity index (χ3n) is 3.33. The standard InChI is InChI=1S/C14H17ClN2O5S/c15-11-1-3-12(4-2-11)22-8-14(19)17-16-13(18)7-10-5-6-23(20,21)9-10/h1-4,10H,5-9H2,(H,16,18)(H,17,19)/t10-/m1/s1. The first kappa shape index (κ1) is 17.6. The number of hydrogen-bond donors (Lipinski definition) is 2. The number of nitrogens with one attached hydrogen (secondary N) is 2. The van der Waals surface area contributed by atoms with Crippen LogP contribution in [-0.4, -0.2) is 38.3 Å². The topological polar surface area (TPSA) is 102 Å². The Bertz CT molecular complexity index is 675. The fourth-order valence-corrected chi connectivity index (χ4v) is 4.19. The van der Waals surface area contributed by atoms with Gasteiger partial charge in [-0.1, -0.05) is 11.6 Å². The lowest BCUT2D eigenvalue weighted by molar-refractivity contribution is -0.130. The molecule has 1 fully saturated rings. The maximum atomic E-state index is 11.7. The van der Waals surface area contributed by atoms with Crippen molar-refractivity contribution in [3.05, 3.63) is 29.3 Å². The number of carbonyl (C=O) groups is 2. The summed E-state index contributed by atoms with van der Waals surface area (Å²) in [5, 5.41) is 0.558. The van der Waals surface area contributed by atoms with Gasteiger partial charge in [-0.05, 0) is 36.6 Å². The zero-order chi connectivity index (χ0) is 16.9. The highest BCUT2D eigenvalue weighted by molar-refractivity contribution is 7.91. The number of amides is 2. The molecule has 9 heteroatoms. The molecule has 0 unspecified atom stereocenters. The first-order valence-corrected chi connectivity index (χ1v) is 9.20. The molecular formula is C14H17ClN2O5S. The highest BCUT2D eigenvalue weighted by Gasteiger charge is 2.29. The van der Waals surface area contributed by atoms with E-state index in [-0.39, 0.29) is 30.5 Å². The van der Waals surface area contributed by atoms with Crippen molar-refractivity contribution in [2.24, 2.45) is 5.92 Å². The van der Waals surface area contributed by atoms with Crippen molar-refractivity contribution < 1.29 is 22.7 Å². The van der Waals surface area contributed by atoms with Crippen LogP contribution < -0.4 is 15.6 Å². The minimum Gasteiger partial charge on any atom is -0.484 e. The lowest BCUT2D eigenvalue weighted by atomic mass is 10.1. The number of rotatable bonds is 5. The number of hydrogen-bond acceptors (Lipinski definition) is 5. The van der Waals surface area contributed by atoms with Gasteiger partial charge in [-0.3, -0.25) is 20.4 Å². The fourth-order valence-electron chi connectivity index (χ4n) is 2.20. The molecule has 0 aliphatic carbocycles. The van der Waals surface area contributed by atoms with Crippen LogP contribution in [0.15, 0.2) is 24.3 Å². The number of benzene rings is 1. The molecule has 1 saturated heterocycles. The predicted molar refractivity (Wildman–Crippen MR) is 84.6 cm³/mol. The molecule has 2 amide bonds. The zero-order valence-electron chi connectivity index (χ0n) is 12.2. The summed E-state index contributed by atoms with van der Waals surface area (Å²) in [6, 6.07) is 6.50. The Balaban J connectivity index is 1.66. The SMILES string of the molecule is O=C(COc1ccc(Cl)cc1)NNC(=O)C[C@H]1CCS(=O)(=O)C1. The van der Waals surface area contributed by atoms with Crippen molar-refractivity contribution in [3.8, 4) is 5.75 Å². The average molecular weight is 361 g/mol. The summed E-state index contributed by atoms with van der Waals surface area (Å²) in [5.41, 5.74) is 4.47. The summed E-state index contributed by atoms with van der Waals surface area (Å²) in [7, 11) is -3.01. The zero-order valence-corrected chi connectivity index (χ0v) is 13.8. The van der Waals surface area contributed by atoms with E-state index in [1.807, 2.05) is 0 Å². The molecule has 23 heavy (non-hydrogen) atoms. The Morgan fingerprint density at radius 3 is 2.43 bits per heavy atom. The van der Waals surface area contributed by atoms with Gasteiger partial charge in [0.15, 0.2) is 16.4 Å². The summed E-state index contributed by atoms with van der Waals surface area (Å²) in [4.78, 5) is 23.2. The molecule has 1 aromatic carbocycles. The van der Waals surface area contributed by atoms with Crippen molar-refractivity contribution in [2.45, 2.75) is 12.8 Å². The van der Waals surface area contributed by atoms with Crippen LogP contribution in [0, 0.1) is 5.92 Å². The van der Waals surface area contributed by atoms with Crippen LogP contribution in [0.3, 0.4) is 0 Å². The second-order valence-corrected chi connectivity index (χ2v) is 7.98. The van der Waals surface area contributed by atoms with Gasteiger partial charge in [-0.2, -0.15) is 0 Å². The van der Waals surface area contributed by atoms with Gasteiger partial charge in [0.2, 0.25) is 5.91 Å². The van der Waals surface area contributed by atoms with E-state index >= 15 is 0 Å². The normalized spacial score (nSPS) is 19.1. The van der Waals surface area contributed by atoms with E-state index in [0.29, 0.717) is 17.2 Å². The monoisotopic (exact) mass is 360 g/mol. The van der Waals surface area contributed by atoms with E-state index in [1.54, 1.807) is 24.3 Å². The largest absolute Gasteiger partial charge is 0.484 e. The highest BCUT2D eigenvalue weighted by atomic mass is 35.5. The molecule has 1 aliphatic heterocycles. The van der Waals surface area contributed by atoms with Crippen molar-refractivity contribution in [1.29, 1.82) is 0 Å². The molecule has 0 bridgehead atoms. The summed E-state index contributed by atoms with van der Waals surface area (Å²) >= 11 is 5.73. The molecule has 2 N–H and O–H groups in total. The van der Waals surface area contributed by atoms with E-state index in [1.165, 1.54) is 0 Å². The summed E-state index contributed by atoms with van der Waals surface area (Å²) in [5.74, 6) is -0.520. The average Bonchev–Trinajstić information content (AvgIpc) is 2.83. The Morgan fingerprint density at radius 1 is 1.17 bits per heavy atom. The Labute approximate surface area is 139 Å². The fraction of sp³-hybridized carbons (Fsp3) is 0.429. The maximum Gasteiger partial charge on any atom is 0.276 e. The van der Waals surface area contributed by atoms with Gasteiger partial charge in [0.05, 0.1) is 11.5 Å². The molecule has 1 heterocycles. The lowest BCUT2D eigenvalue weighted by Crippen LogP contribution is -2.44. The molecule has 0 spiro atoms. The highest BCUT2D eigenvalue weighted by Crippen LogP contribution is 2.21. The number of ether oxygens (including phenoxy) is 1. The molecule has 1 atom stereocenters. The summed E-state index contributed by atoms with van der Waals surface area (Å²) in [6.07, 6.45) is 0.543. The van der Waals surface area contributed by atoms with E-state index in [0.717, 1.165) is 0 Å². The second-order valence-electron chi connectivity index (χ2n) is 5.31. The number of carbonyl (C=O) groups excluding carboxylic acids is 2. The quantitative estimate of drug-likeness (QED) is 0.752. The minimum atomic E-state index is -3.01. The number of halogens is 1. The van der Waals surface area contributed by atoms with Gasteiger partial charge in [0.25, 0.3) is 5.91 Å². The Morgan fingerprint density at radius 2 is 1.83 bits per heavy atom. The van der Waals surface area contributed by atoms with Gasteiger partial charge in [-0.15, -0.1) is 0 Å². The van der Waals surface area contributed by atoms with E-state index in [2.05, 4.69) is 10.9 Å². The predicted octanol–water partition coefficient (Wildman–Crippen LogP) is 0.691. The molecule has 126 valence electrons. The molecular weight excluding hydrogens is 344 g/mol. The van der Waals surface area contributed by atoms with Crippen LogP contribution in [-0.2, 0) is 19.4 Å². The molecule has 0 radical (unpaired) electrons. The molecule has 1 aliphatic rings. The minimum absolute atomic E-state index is 0.0219. The first-order valence-electron chi connectivity index (χ1n) is 7.00. The lowest BCUT2D eigenvalue weighted by Gasteiger charge is -2.10. The van der Waals surface area contributed by atoms with Crippen molar-refractivity contribution in [2.75, 3.05) is 18.1 Å². The van der Waals surface area contributed by atoms with Gasteiger partial charge in [-0.25, -0.2) is 8.42 Å². The third kappa shape index (κ3) is 6.07. The summed E-state index contributed by atoms with van der Waals surface area (Å²) < 4.78 is 27.8. The van der Waals surface area contributed by atoms with Gasteiger partial charge in [0.1, 0.15) is 5.75 Å². The first-order chi connectivity index (χ1) is 10.8. The van der Waals surface area contributed by atoms with Crippen molar-refractivity contribution in [3.63, 3.8) is 0 Å². The van der Waals surface area contributed by atoms with Crippen LogP contribution in [0.4, 0.5) is 0 Å². The van der Waals surface area contributed by atoms with Crippen molar-refractivity contribution in [1.82, 2.24) is 10.9 Å². The van der Waals surface area contributed by atoms with E-state index < -0.39 is 21.7 Å². The van der Waals surface area contributed by atoms with E-state index in [9.17, 15) is 18.0 Å². The van der Waals surface area contributed by atoms with E-state index in [4.69, 9.17) is 16.3 Å². The molecule has 0 saturated carbocycles.